The van der Waals surface area contributed by atoms with Crippen molar-refractivity contribution in [1.29, 1.82) is 0 Å². The predicted molar refractivity (Wildman–Crippen MR) is 56.8 cm³/mol. The summed E-state index contributed by atoms with van der Waals surface area (Å²) in [6.07, 6.45) is 2.12. The molecule has 6 heteroatoms. The number of rotatable bonds is 8. The molecule has 1 atom stereocenters. The summed E-state index contributed by atoms with van der Waals surface area (Å²) in [6.45, 7) is 3.74. The lowest BCUT2D eigenvalue weighted by Gasteiger charge is -2.15. The standard InChI is InChI=1S/C8H20N2O3S/c1-4-8(7-13-2)9-5-6-10-14(3,11)12/h8-10H,4-7H2,1-3H3. The van der Waals surface area contributed by atoms with Crippen LogP contribution in [0.4, 0.5) is 0 Å². The van der Waals surface area contributed by atoms with Gasteiger partial charge in [-0.2, -0.15) is 0 Å². The van der Waals surface area contributed by atoms with Crippen molar-refractivity contribution < 1.29 is 13.2 Å². The molecule has 86 valence electrons. The molecule has 14 heavy (non-hydrogen) atoms. The van der Waals surface area contributed by atoms with Gasteiger partial charge in [0.15, 0.2) is 0 Å². The lowest BCUT2D eigenvalue weighted by atomic mass is 10.2. The molecule has 0 radical (unpaired) electrons. The number of methoxy groups -OCH3 is 1. The maximum Gasteiger partial charge on any atom is 0.208 e. The van der Waals surface area contributed by atoms with Crippen LogP contribution in [0, 0.1) is 0 Å². The van der Waals surface area contributed by atoms with Crippen molar-refractivity contribution in [3.05, 3.63) is 0 Å². The van der Waals surface area contributed by atoms with Gasteiger partial charge < -0.3 is 10.1 Å². The summed E-state index contributed by atoms with van der Waals surface area (Å²) in [5.41, 5.74) is 0. The summed E-state index contributed by atoms with van der Waals surface area (Å²) in [4.78, 5) is 0. The van der Waals surface area contributed by atoms with Gasteiger partial charge >= 0.3 is 0 Å². The molecule has 0 rings (SSSR count). The van der Waals surface area contributed by atoms with Gasteiger partial charge in [-0.25, -0.2) is 13.1 Å². The quantitative estimate of drug-likeness (QED) is 0.548. The Balaban J connectivity index is 3.52. The first-order chi connectivity index (χ1) is 6.49. The van der Waals surface area contributed by atoms with E-state index in [-0.39, 0.29) is 0 Å². The fourth-order valence-corrected chi connectivity index (χ4v) is 1.51. The van der Waals surface area contributed by atoms with E-state index >= 15 is 0 Å². The Kier molecular flexibility index (Phi) is 7.08. The number of nitrogens with one attached hydrogen (secondary N) is 2. The zero-order valence-electron chi connectivity index (χ0n) is 9.04. The molecule has 0 spiro atoms. The van der Waals surface area contributed by atoms with E-state index in [0.717, 1.165) is 12.7 Å². The molecule has 0 aliphatic rings. The van der Waals surface area contributed by atoms with Crippen LogP contribution in [-0.2, 0) is 14.8 Å². The Morgan fingerprint density at radius 2 is 2.00 bits per heavy atom. The minimum atomic E-state index is -3.06. The molecule has 0 aromatic rings. The van der Waals surface area contributed by atoms with Crippen molar-refractivity contribution in [2.75, 3.05) is 33.1 Å². The molecule has 0 saturated heterocycles. The van der Waals surface area contributed by atoms with Gasteiger partial charge in [0, 0.05) is 26.2 Å². The van der Waals surface area contributed by atoms with Crippen molar-refractivity contribution in [2.45, 2.75) is 19.4 Å². The van der Waals surface area contributed by atoms with Crippen LogP contribution < -0.4 is 10.0 Å². The van der Waals surface area contributed by atoms with Crippen LogP contribution in [0.5, 0.6) is 0 Å². The van der Waals surface area contributed by atoms with Crippen molar-refractivity contribution in [3.8, 4) is 0 Å². The average Bonchev–Trinajstić information content (AvgIpc) is 2.08. The van der Waals surface area contributed by atoms with Crippen molar-refractivity contribution in [3.63, 3.8) is 0 Å². The van der Waals surface area contributed by atoms with Gasteiger partial charge in [-0.15, -0.1) is 0 Å². The van der Waals surface area contributed by atoms with Gasteiger partial charge in [-0.3, -0.25) is 0 Å². The molecule has 2 N–H and O–H groups in total. The smallest absolute Gasteiger partial charge is 0.208 e. The SMILES string of the molecule is CCC(COC)NCCNS(C)(=O)=O. The van der Waals surface area contributed by atoms with E-state index in [1.165, 1.54) is 0 Å². The van der Waals surface area contributed by atoms with E-state index in [9.17, 15) is 8.42 Å². The zero-order valence-corrected chi connectivity index (χ0v) is 9.86. The first kappa shape index (κ1) is 13.8. The number of ether oxygens (including phenoxy) is 1. The maximum atomic E-state index is 10.7. The van der Waals surface area contributed by atoms with Crippen LogP contribution in [0.1, 0.15) is 13.3 Å². The highest BCUT2D eigenvalue weighted by Gasteiger charge is 2.04. The second-order valence-electron chi connectivity index (χ2n) is 3.18. The monoisotopic (exact) mass is 224 g/mol. The molecule has 0 bridgehead atoms. The summed E-state index contributed by atoms with van der Waals surface area (Å²) >= 11 is 0. The molecular formula is C8H20N2O3S. The number of hydrogen-bond donors (Lipinski definition) is 2. The van der Waals surface area contributed by atoms with E-state index in [4.69, 9.17) is 4.74 Å². The van der Waals surface area contributed by atoms with E-state index in [1.54, 1.807) is 7.11 Å². The van der Waals surface area contributed by atoms with Gasteiger partial charge in [-0.1, -0.05) is 6.92 Å². The van der Waals surface area contributed by atoms with Gasteiger partial charge in [0.2, 0.25) is 10.0 Å². The average molecular weight is 224 g/mol. The van der Waals surface area contributed by atoms with E-state index in [0.29, 0.717) is 25.7 Å². The minimum absolute atomic E-state index is 0.293. The summed E-state index contributed by atoms with van der Waals surface area (Å²) in [6, 6.07) is 0.293. The molecule has 0 aromatic heterocycles. The predicted octanol–water partition coefficient (Wildman–Crippen LogP) is -0.450. The third-order valence-corrected chi connectivity index (χ3v) is 2.51. The van der Waals surface area contributed by atoms with Crippen molar-refractivity contribution in [2.24, 2.45) is 0 Å². The fraction of sp³-hybridized carbons (Fsp3) is 1.00. The summed E-state index contributed by atoms with van der Waals surface area (Å²) < 4.78 is 28.8. The van der Waals surface area contributed by atoms with Crippen LogP contribution in [-0.4, -0.2) is 47.5 Å². The highest BCUT2D eigenvalue weighted by molar-refractivity contribution is 7.88. The van der Waals surface area contributed by atoms with Gasteiger partial charge in [-0.05, 0) is 6.42 Å². The molecule has 0 aromatic carbocycles. The zero-order chi connectivity index (χ0) is 11.0. The second kappa shape index (κ2) is 7.17. The van der Waals surface area contributed by atoms with Gasteiger partial charge in [0.1, 0.15) is 0 Å². The molecule has 0 aliphatic carbocycles. The molecule has 0 heterocycles. The number of hydrogen-bond acceptors (Lipinski definition) is 4. The van der Waals surface area contributed by atoms with Gasteiger partial charge in [0.05, 0.1) is 12.9 Å². The topological polar surface area (TPSA) is 67.4 Å². The highest BCUT2D eigenvalue weighted by Crippen LogP contribution is 1.89. The third-order valence-electron chi connectivity index (χ3n) is 1.78. The molecule has 0 amide bonds. The van der Waals surface area contributed by atoms with Crippen LogP contribution in [0.25, 0.3) is 0 Å². The Hall–Kier alpha value is -0.170. The largest absolute Gasteiger partial charge is 0.383 e. The van der Waals surface area contributed by atoms with E-state index < -0.39 is 10.0 Å². The first-order valence-electron chi connectivity index (χ1n) is 4.66. The lowest BCUT2D eigenvalue weighted by Crippen LogP contribution is -2.38. The molecule has 0 fully saturated rings. The normalized spacial score (nSPS) is 14.2. The van der Waals surface area contributed by atoms with E-state index in [2.05, 4.69) is 17.0 Å². The Labute approximate surface area is 86.3 Å². The minimum Gasteiger partial charge on any atom is -0.383 e. The van der Waals surface area contributed by atoms with Crippen LogP contribution >= 0.6 is 0 Å². The van der Waals surface area contributed by atoms with Gasteiger partial charge in [0.25, 0.3) is 0 Å². The van der Waals surface area contributed by atoms with Crippen LogP contribution in [0.2, 0.25) is 0 Å². The Morgan fingerprint density at radius 3 is 2.43 bits per heavy atom. The molecule has 1 unspecified atom stereocenters. The van der Waals surface area contributed by atoms with Crippen LogP contribution in [0.3, 0.4) is 0 Å². The maximum absolute atomic E-state index is 10.7. The summed E-state index contributed by atoms with van der Waals surface area (Å²) in [5, 5.41) is 3.19. The first-order valence-corrected chi connectivity index (χ1v) is 6.55. The molecule has 0 aliphatic heterocycles. The second-order valence-corrected chi connectivity index (χ2v) is 5.01. The third kappa shape index (κ3) is 8.43. The lowest BCUT2D eigenvalue weighted by molar-refractivity contribution is 0.165. The summed E-state index contributed by atoms with van der Waals surface area (Å²) in [5.74, 6) is 0. The molecule has 5 nitrogen and oxygen atoms in total. The van der Waals surface area contributed by atoms with E-state index in [1.807, 2.05) is 0 Å². The van der Waals surface area contributed by atoms with Crippen molar-refractivity contribution in [1.82, 2.24) is 10.0 Å². The number of sulfonamides is 1. The Morgan fingerprint density at radius 1 is 1.36 bits per heavy atom. The molecule has 0 saturated carbocycles. The molecular weight excluding hydrogens is 204 g/mol. The van der Waals surface area contributed by atoms with Crippen LogP contribution in [0.15, 0.2) is 0 Å². The Bertz CT molecular complexity index is 229. The fourth-order valence-electron chi connectivity index (χ4n) is 1.04. The highest BCUT2D eigenvalue weighted by atomic mass is 32.2. The van der Waals surface area contributed by atoms with Crippen molar-refractivity contribution >= 4 is 10.0 Å². The summed E-state index contributed by atoms with van der Waals surface area (Å²) in [7, 11) is -1.41.